The van der Waals surface area contributed by atoms with Crippen LogP contribution in [0, 0.1) is 11.6 Å². The smallest absolute Gasteiger partial charge is 0.226 e. The lowest BCUT2D eigenvalue weighted by atomic mass is 10.1. The van der Waals surface area contributed by atoms with Crippen LogP contribution in [0.15, 0.2) is 22.7 Å². The first-order chi connectivity index (χ1) is 8.67. The molecule has 0 spiro atoms. The first kappa shape index (κ1) is 12.6. The molecule has 0 aliphatic heterocycles. The van der Waals surface area contributed by atoms with Crippen LogP contribution in [0.25, 0.3) is 0 Å². The summed E-state index contributed by atoms with van der Waals surface area (Å²) < 4.78 is 30.9. The van der Waals surface area contributed by atoms with Crippen molar-refractivity contribution in [3.63, 3.8) is 0 Å². The largest absolute Gasteiger partial charge is 0.396 e. The van der Waals surface area contributed by atoms with Gasteiger partial charge in [0, 0.05) is 25.5 Å². The van der Waals surface area contributed by atoms with E-state index in [1.807, 2.05) is 0 Å². The zero-order valence-electron chi connectivity index (χ0n) is 9.57. The first-order valence-electron chi connectivity index (χ1n) is 5.54. The lowest BCUT2D eigenvalue weighted by molar-refractivity contribution is 0.278. The van der Waals surface area contributed by atoms with Crippen LogP contribution in [0.1, 0.15) is 23.7 Å². The molecule has 0 aliphatic carbocycles. The minimum absolute atomic E-state index is 0.0484. The zero-order valence-corrected chi connectivity index (χ0v) is 9.57. The van der Waals surface area contributed by atoms with Crippen LogP contribution in [0.5, 0.6) is 0 Å². The maximum Gasteiger partial charge on any atom is 0.226 e. The summed E-state index contributed by atoms with van der Waals surface area (Å²) in [5.41, 5.74) is 0.446. The van der Waals surface area contributed by atoms with Crippen molar-refractivity contribution in [3.05, 3.63) is 47.1 Å². The molecule has 6 heteroatoms. The molecule has 0 unspecified atom stereocenters. The molecule has 4 nitrogen and oxygen atoms in total. The molecular weight excluding hydrogens is 242 g/mol. The number of halogens is 2. The molecule has 0 radical (unpaired) electrons. The molecule has 0 atom stereocenters. The Hall–Kier alpha value is -1.82. The molecule has 0 saturated heterocycles. The summed E-state index contributed by atoms with van der Waals surface area (Å²) in [4.78, 5) is 4.07. The maximum absolute atomic E-state index is 13.0. The van der Waals surface area contributed by atoms with Gasteiger partial charge in [0.05, 0.1) is 0 Å². The third-order valence-corrected chi connectivity index (χ3v) is 2.34. The number of rotatable bonds is 5. The van der Waals surface area contributed by atoms with E-state index in [2.05, 4.69) is 10.1 Å². The van der Waals surface area contributed by atoms with Crippen molar-refractivity contribution < 1.29 is 18.4 Å². The molecule has 1 N–H and O–H groups in total. The van der Waals surface area contributed by atoms with Gasteiger partial charge >= 0.3 is 0 Å². The number of aliphatic hydroxyl groups excluding tert-OH is 1. The van der Waals surface area contributed by atoms with Crippen LogP contribution in [-0.2, 0) is 12.8 Å². The molecular formula is C12H12F2N2O2. The van der Waals surface area contributed by atoms with E-state index in [-0.39, 0.29) is 13.0 Å². The Kier molecular flexibility index (Phi) is 3.99. The summed E-state index contributed by atoms with van der Waals surface area (Å²) in [7, 11) is 0. The summed E-state index contributed by atoms with van der Waals surface area (Å²) in [5, 5.41) is 12.4. The quantitative estimate of drug-likeness (QED) is 0.884. The van der Waals surface area contributed by atoms with E-state index >= 15 is 0 Å². The summed E-state index contributed by atoms with van der Waals surface area (Å²) >= 11 is 0. The van der Waals surface area contributed by atoms with Crippen molar-refractivity contribution in [2.24, 2.45) is 0 Å². The molecule has 0 aliphatic rings. The van der Waals surface area contributed by atoms with Crippen LogP contribution >= 0.6 is 0 Å². The van der Waals surface area contributed by atoms with Crippen molar-refractivity contribution in [2.75, 3.05) is 6.61 Å². The molecule has 0 fully saturated rings. The number of aliphatic hydroxyl groups is 1. The van der Waals surface area contributed by atoms with E-state index < -0.39 is 11.6 Å². The van der Waals surface area contributed by atoms with Crippen molar-refractivity contribution in [2.45, 2.75) is 19.3 Å². The van der Waals surface area contributed by atoms with Gasteiger partial charge in [-0.25, -0.2) is 8.78 Å². The van der Waals surface area contributed by atoms with Crippen molar-refractivity contribution >= 4 is 0 Å². The third-order valence-electron chi connectivity index (χ3n) is 2.34. The van der Waals surface area contributed by atoms with E-state index in [9.17, 15) is 8.78 Å². The summed E-state index contributed by atoms with van der Waals surface area (Å²) in [6, 6.07) is 3.27. The molecule has 0 bridgehead atoms. The molecule has 96 valence electrons. The Labute approximate surface area is 102 Å². The van der Waals surface area contributed by atoms with Crippen LogP contribution in [0.3, 0.4) is 0 Å². The van der Waals surface area contributed by atoms with E-state index in [1.54, 1.807) is 0 Å². The van der Waals surface area contributed by atoms with Crippen molar-refractivity contribution in [3.8, 4) is 0 Å². The fraction of sp³-hybridized carbons (Fsp3) is 0.333. The van der Waals surface area contributed by atoms with E-state index in [0.29, 0.717) is 30.1 Å². The molecule has 18 heavy (non-hydrogen) atoms. The second kappa shape index (κ2) is 5.68. The predicted octanol–water partition coefficient (Wildman–Crippen LogP) is 1.86. The van der Waals surface area contributed by atoms with Crippen LogP contribution in [0.2, 0.25) is 0 Å². The normalized spacial score (nSPS) is 10.8. The maximum atomic E-state index is 13.0. The zero-order chi connectivity index (χ0) is 13.0. The Morgan fingerprint density at radius 1 is 1.17 bits per heavy atom. The minimum Gasteiger partial charge on any atom is -0.396 e. The van der Waals surface area contributed by atoms with Crippen LogP contribution in [-0.4, -0.2) is 21.9 Å². The van der Waals surface area contributed by atoms with E-state index in [0.717, 1.165) is 6.07 Å². The number of nitrogens with zero attached hydrogens (tertiary/aromatic N) is 2. The third kappa shape index (κ3) is 3.33. The highest BCUT2D eigenvalue weighted by Crippen LogP contribution is 2.12. The Morgan fingerprint density at radius 3 is 2.56 bits per heavy atom. The van der Waals surface area contributed by atoms with Gasteiger partial charge in [-0.3, -0.25) is 0 Å². The fourth-order valence-corrected chi connectivity index (χ4v) is 1.59. The van der Waals surface area contributed by atoms with Crippen molar-refractivity contribution in [1.82, 2.24) is 10.1 Å². The highest BCUT2D eigenvalue weighted by molar-refractivity contribution is 5.21. The SMILES string of the molecule is OCCCc1nc(Cc2cc(F)cc(F)c2)no1. The second-order valence-electron chi connectivity index (χ2n) is 3.89. The molecule has 1 aromatic carbocycles. The monoisotopic (exact) mass is 254 g/mol. The lowest BCUT2D eigenvalue weighted by Crippen LogP contribution is -1.94. The van der Waals surface area contributed by atoms with Gasteiger partial charge in [-0.05, 0) is 24.1 Å². The highest BCUT2D eigenvalue weighted by Gasteiger charge is 2.08. The molecule has 1 heterocycles. The molecule has 0 saturated carbocycles. The Balaban J connectivity index is 2.06. The standard InChI is InChI=1S/C12H12F2N2O2/c13-9-4-8(5-10(14)7-9)6-11-15-12(18-16-11)2-1-3-17/h4-5,7,17H,1-3,6H2. The predicted molar refractivity (Wildman–Crippen MR) is 58.9 cm³/mol. The van der Waals surface area contributed by atoms with Crippen molar-refractivity contribution in [1.29, 1.82) is 0 Å². The summed E-state index contributed by atoms with van der Waals surface area (Å²) in [6.45, 7) is 0.0484. The van der Waals surface area contributed by atoms with E-state index in [1.165, 1.54) is 12.1 Å². The van der Waals surface area contributed by atoms with Crippen LogP contribution < -0.4 is 0 Å². The van der Waals surface area contributed by atoms with Crippen LogP contribution in [0.4, 0.5) is 8.78 Å². The van der Waals surface area contributed by atoms with Gasteiger partial charge < -0.3 is 9.63 Å². The van der Waals surface area contributed by atoms with Gasteiger partial charge in [0.2, 0.25) is 5.89 Å². The average molecular weight is 254 g/mol. The van der Waals surface area contributed by atoms with Gasteiger partial charge in [-0.1, -0.05) is 5.16 Å². The minimum atomic E-state index is -0.631. The fourth-order valence-electron chi connectivity index (χ4n) is 1.59. The van der Waals surface area contributed by atoms with Gasteiger partial charge in [-0.15, -0.1) is 0 Å². The Morgan fingerprint density at radius 2 is 1.89 bits per heavy atom. The highest BCUT2D eigenvalue weighted by atomic mass is 19.1. The molecule has 0 amide bonds. The van der Waals surface area contributed by atoms with Gasteiger partial charge in [-0.2, -0.15) is 4.98 Å². The number of hydrogen-bond donors (Lipinski definition) is 1. The molecule has 2 aromatic rings. The lowest BCUT2D eigenvalue weighted by Gasteiger charge is -1.97. The van der Waals surface area contributed by atoms with Gasteiger partial charge in [0.25, 0.3) is 0 Å². The number of aryl methyl sites for hydroxylation is 1. The summed E-state index contributed by atoms with van der Waals surface area (Å²) in [5.74, 6) is -0.480. The first-order valence-corrected chi connectivity index (χ1v) is 5.54. The second-order valence-corrected chi connectivity index (χ2v) is 3.89. The Bertz CT molecular complexity index is 508. The number of aromatic nitrogens is 2. The molecule has 2 rings (SSSR count). The van der Waals surface area contributed by atoms with Gasteiger partial charge in [0.15, 0.2) is 5.82 Å². The van der Waals surface area contributed by atoms with Gasteiger partial charge in [0.1, 0.15) is 11.6 Å². The summed E-state index contributed by atoms with van der Waals surface area (Å²) in [6.07, 6.45) is 1.23. The average Bonchev–Trinajstić information content (AvgIpc) is 2.72. The number of hydrogen-bond acceptors (Lipinski definition) is 4. The number of benzene rings is 1. The molecule has 1 aromatic heterocycles. The van der Waals surface area contributed by atoms with E-state index in [4.69, 9.17) is 9.63 Å². The topological polar surface area (TPSA) is 59.2 Å².